The smallest absolute Gasteiger partial charge is 0.276 e. The topological polar surface area (TPSA) is 121 Å². The van der Waals surface area contributed by atoms with Gasteiger partial charge in [-0.1, -0.05) is 0 Å². The molecular formula is C15H19N7O2S. The number of anilines is 1. The minimum absolute atomic E-state index is 0.0268. The van der Waals surface area contributed by atoms with E-state index < -0.39 is 10.2 Å². The Morgan fingerprint density at radius 1 is 1.40 bits per heavy atom. The first-order chi connectivity index (χ1) is 11.7. The van der Waals surface area contributed by atoms with E-state index in [9.17, 15) is 13.7 Å². The monoisotopic (exact) mass is 361 g/mol. The van der Waals surface area contributed by atoms with Gasteiger partial charge in [0.15, 0.2) is 5.65 Å². The highest BCUT2D eigenvalue weighted by Crippen LogP contribution is 2.51. The predicted molar refractivity (Wildman–Crippen MR) is 91.0 cm³/mol. The molecule has 0 atom stereocenters. The molecule has 1 aliphatic heterocycles. The van der Waals surface area contributed by atoms with Crippen LogP contribution in [0.15, 0.2) is 12.4 Å². The molecular weight excluding hydrogens is 342 g/mol. The summed E-state index contributed by atoms with van der Waals surface area (Å²) in [6.07, 6.45) is 3.09. The molecule has 10 heteroatoms. The van der Waals surface area contributed by atoms with Crippen LogP contribution in [-0.4, -0.2) is 53.3 Å². The van der Waals surface area contributed by atoms with E-state index in [4.69, 9.17) is 5.14 Å². The summed E-state index contributed by atoms with van der Waals surface area (Å²) in [5, 5.41) is 14.4. The van der Waals surface area contributed by atoms with Crippen molar-refractivity contribution in [2.45, 2.75) is 25.8 Å². The largest absolute Gasteiger partial charge is 0.341 e. The van der Waals surface area contributed by atoms with Crippen molar-refractivity contribution in [2.24, 2.45) is 10.6 Å². The van der Waals surface area contributed by atoms with Crippen molar-refractivity contribution in [3.05, 3.63) is 23.7 Å². The van der Waals surface area contributed by atoms with Crippen molar-refractivity contribution in [3.8, 4) is 6.07 Å². The summed E-state index contributed by atoms with van der Waals surface area (Å²) >= 11 is 0. The molecule has 3 heterocycles. The lowest BCUT2D eigenvalue weighted by molar-refractivity contribution is 0.0199. The molecule has 2 aromatic heterocycles. The Balaban J connectivity index is 1.52. The first kappa shape index (κ1) is 16.3. The maximum atomic E-state index is 11.4. The van der Waals surface area contributed by atoms with Gasteiger partial charge in [0, 0.05) is 37.3 Å². The number of fused-ring (bicyclic) bond motifs is 1. The Morgan fingerprint density at radius 3 is 2.68 bits per heavy atom. The highest BCUT2D eigenvalue weighted by Gasteiger charge is 2.55. The average molecular weight is 361 g/mol. The van der Waals surface area contributed by atoms with E-state index in [1.54, 1.807) is 0 Å². The zero-order valence-corrected chi connectivity index (χ0v) is 14.9. The third-order valence-corrected chi connectivity index (χ3v) is 6.52. The molecule has 0 radical (unpaired) electrons. The predicted octanol–water partition coefficient (Wildman–Crippen LogP) is 0.0135. The molecule has 1 saturated heterocycles. The molecule has 25 heavy (non-hydrogen) atoms. The van der Waals surface area contributed by atoms with Crippen LogP contribution in [0.25, 0.3) is 5.65 Å². The second-order valence-electron chi connectivity index (χ2n) is 7.12. The van der Waals surface area contributed by atoms with Crippen molar-refractivity contribution < 1.29 is 8.42 Å². The average Bonchev–Trinajstić information content (AvgIpc) is 2.80. The molecule has 0 unspecified atom stereocenters. The number of aryl methyl sites for hydroxylation is 1. The fraction of sp³-hybridized carbons (Fsp3) is 0.533. The standard InChI is InChI=1S/C15H19N7O2S/c1-10-3-11(6-16)13-18-9-19-14(22(10)13)21-7-15(8-21)4-12(5-15)20(2)25(17,23)24/h3,9,12H,4-5,7-8H2,1-2H3,(H2,17,23,24). The second-order valence-corrected chi connectivity index (χ2v) is 8.73. The van der Waals surface area contributed by atoms with Gasteiger partial charge in [0.25, 0.3) is 10.2 Å². The number of nitrogens with zero attached hydrogens (tertiary/aromatic N) is 6. The van der Waals surface area contributed by atoms with E-state index in [0.717, 1.165) is 37.6 Å². The van der Waals surface area contributed by atoms with Gasteiger partial charge in [0.1, 0.15) is 12.4 Å². The van der Waals surface area contributed by atoms with E-state index in [2.05, 4.69) is 20.9 Å². The van der Waals surface area contributed by atoms with Crippen LogP contribution in [0, 0.1) is 23.7 Å². The van der Waals surface area contributed by atoms with Crippen LogP contribution in [0.1, 0.15) is 24.1 Å². The Morgan fingerprint density at radius 2 is 2.08 bits per heavy atom. The van der Waals surface area contributed by atoms with Gasteiger partial charge >= 0.3 is 0 Å². The first-order valence-corrected chi connectivity index (χ1v) is 9.48. The number of rotatable bonds is 3. The molecule has 2 fully saturated rings. The fourth-order valence-electron chi connectivity index (χ4n) is 4.07. The number of nitriles is 1. The van der Waals surface area contributed by atoms with E-state index in [0.29, 0.717) is 11.2 Å². The molecule has 0 amide bonds. The number of nitrogens with two attached hydrogens (primary N) is 1. The van der Waals surface area contributed by atoms with Crippen molar-refractivity contribution in [2.75, 3.05) is 25.0 Å². The molecule has 2 N–H and O–H groups in total. The molecule has 4 rings (SSSR count). The van der Waals surface area contributed by atoms with Crippen LogP contribution in [-0.2, 0) is 10.2 Å². The maximum Gasteiger partial charge on any atom is 0.276 e. The summed E-state index contributed by atoms with van der Waals surface area (Å²) < 4.78 is 26.0. The number of hydrogen-bond acceptors (Lipinski definition) is 6. The SMILES string of the molecule is Cc1cc(C#N)c2ncnc(N3CC4(CC(N(C)S(N)(=O)=O)C4)C3)n12. The van der Waals surface area contributed by atoms with E-state index in [1.807, 2.05) is 17.4 Å². The lowest BCUT2D eigenvalue weighted by atomic mass is 9.61. The van der Waals surface area contributed by atoms with Gasteiger partial charge in [-0.05, 0) is 25.8 Å². The zero-order chi connectivity index (χ0) is 18.0. The van der Waals surface area contributed by atoms with Crippen molar-refractivity contribution in [3.63, 3.8) is 0 Å². The minimum atomic E-state index is -3.63. The highest BCUT2D eigenvalue weighted by molar-refractivity contribution is 7.86. The Bertz CT molecular complexity index is 993. The maximum absolute atomic E-state index is 11.4. The summed E-state index contributed by atoms with van der Waals surface area (Å²) in [7, 11) is -2.10. The minimum Gasteiger partial charge on any atom is -0.341 e. The lowest BCUT2D eigenvalue weighted by Crippen LogP contribution is -2.67. The van der Waals surface area contributed by atoms with Gasteiger partial charge in [-0.2, -0.15) is 18.0 Å². The molecule has 2 aliphatic rings. The molecule has 9 nitrogen and oxygen atoms in total. The molecule has 1 saturated carbocycles. The molecule has 0 aromatic carbocycles. The van der Waals surface area contributed by atoms with Gasteiger partial charge in [-0.15, -0.1) is 0 Å². The Kier molecular flexibility index (Phi) is 3.34. The number of hydrogen-bond donors (Lipinski definition) is 1. The van der Waals surface area contributed by atoms with E-state index in [-0.39, 0.29) is 11.5 Å². The third-order valence-electron chi connectivity index (χ3n) is 5.42. The number of aromatic nitrogens is 3. The van der Waals surface area contributed by atoms with Crippen LogP contribution in [0.5, 0.6) is 0 Å². The Labute approximate surface area is 145 Å². The molecule has 1 aliphatic carbocycles. The fourth-order valence-corrected chi connectivity index (χ4v) is 4.64. The third kappa shape index (κ3) is 2.38. The summed E-state index contributed by atoms with van der Waals surface area (Å²) in [6.45, 7) is 3.55. The van der Waals surface area contributed by atoms with E-state index in [1.165, 1.54) is 17.7 Å². The Hall–Kier alpha value is -2.22. The van der Waals surface area contributed by atoms with Crippen molar-refractivity contribution in [1.82, 2.24) is 18.7 Å². The zero-order valence-electron chi connectivity index (χ0n) is 14.0. The van der Waals surface area contributed by atoms with Crippen LogP contribution >= 0.6 is 0 Å². The van der Waals surface area contributed by atoms with Crippen LogP contribution in [0.3, 0.4) is 0 Å². The summed E-state index contributed by atoms with van der Waals surface area (Å²) in [4.78, 5) is 10.8. The van der Waals surface area contributed by atoms with Crippen LogP contribution in [0.2, 0.25) is 0 Å². The second kappa shape index (κ2) is 5.14. The summed E-state index contributed by atoms with van der Waals surface area (Å²) in [6, 6.07) is 3.94. The normalized spacial score (nSPS) is 19.9. The van der Waals surface area contributed by atoms with Crippen molar-refractivity contribution >= 4 is 21.8 Å². The van der Waals surface area contributed by atoms with Gasteiger partial charge in [-0.3, -0.25) is 4.40 Å². The van der Waals surface area contributed by atoms with Gasteiger partial charge in [-0.25, -0.2) is 15.1 Å². The van der Waals surface area contributed by atoms with E-state index >= 15 is 0 Å². The van der Waals surface area contributed by atoms with Gasteiger partial charge < -0.3 is 4.90 Å². The first-order valence-electron chi connectivity index (χ1n) is 7.98. The highest BCUT2D eigenvalue weighted by atomic mass is 32.2. The van der Waals surface area contributed by atoms with Crippen molar-refractivity contribution in [1.29, 1.82) is 5.26 Å². The quantitative estimate of drug-likeness (QED) is 0.822. The van der Waals surface area contributed by atoms with Gasteiger partial charge in [0.2, 0.25) is 5.95 Å². The molecule has 1 spiro atoms. The van der Waals surface area contributed by atoms with Gasteiger partial charge in [0.05, 0.1) is 5.56 Å². The summed E-state index contributed by atoms with van der Waals surface area (Å²) in [5.74, 6) is 0.776. The van der Waals surface area contributed by atoms with Crippen LogP contribution < -0.4 is 10.0 Å². The molecule has 132 valence electrons. The molecule has 2 aromatic rings. The van der Waals surface area contributed by atoms with Crippen LogP contribution in [0.4, 0.5) is 5.95 Å². The lowest BCUT2D eigenvalue weighted by Gasteiger charge is -2.60. The summed E-state index contributed by atoms with van der Waals surface area (Å²) in [5.41, 5.74) is 2.20. The molecule has 0 bridgehead atoms.